The summed E-state index contributed by atoms with van der Waals surface area (Å²) in [5.74, 6) is 0.706. The van der Waals surface area contributed by atoms with Crippen LogP contribution in [0.1, 0.15) is 43.3 Å². The van der Waals surface area contributed by atoms with Crippen molar-refractivity contribution in [1.29, 1.82) is 0 Å². The first kappa shape index (κ1) is 15.0. The van der Waals surface area contributed by atoms with Crippen molar-refractivity contribution in [1.82, 2.24) is 20.4 Å². The van der Waals surface area contributed by atoms with E-state index in [2.05, 4.69) is 29.6 Å². The molecule has 0 saturated carbocycles. The van der Waals surface area contributed by atoms with E-state index in [4.69, 9.17) is 0 Å². The SMILES string of the molecule is CCC(NC(=O)C(C)C1CNC1)c1c(C)nn(C)c1C. The zero-order valence-electron chi connectivity index (χ0n) is 13.2. The molecule has 1 aliphatic heterocycles. The summed E-state index contributed by atoms with van der Waals surface area (Å²) in [6.07, 6.45) is 0.884. The van der Waals surface area contributed by atoms with Gasteiger partial charge in [-0.1, -0.05) is 13.8 Å². The highest BCUT2D eigenvalue weighted by molar-refractivity contribution is 5.79. The van der Waals surface area contributed by atoms with Crippen LogP contribution in [0.5, 0.6) is 0 Å². The molecule has 2 heterocycles. The number of carbonyl (C=O) groups is 1. The first-order valence-corrected chi connectivity index (χ1v) is 7.46. The average molecular weight is 278 g/mol. The van der Waals surface area contributed by atoms with Crippen molar-refractivity contribution in [2.75, 3.05) is 13.1 Å². The number of aryl methyl sites for hydroxylation is 2. The molecular formula is C15H26N4O. The minimum Gasteiger partial charge on any atom is -0.349 e. The van der Waals surface area contributed by atoms with Crippen molar-refractivity contribution < 1.29 is 4.79 Å². The van der Waals surface area contributed by atoms with Gasteiger partial charge in [0, 0.05) is 24.2 Å². The second kappa shape index (κ2) is 5.95. The minimum absolute atomic E-state index is 0.0617. The predicted molar refractivity (Wildman–Crippen MR) is 79.4 cm³/mol. The van der Waals surface area contributed by atoms with Crippen molar-refractivity contribution in [2.24, 2.45) is 18.9 Å². The Morgan fingerprint density at radius 3 is 2.55 bits per heavy atom. The lowest BCUT2D eigenvalue weighted by molar-refractivity contribution is -0.127. The van der Waals surface area contributed by atoms with Crippen molar-refractivity contribution in [3.05, 3.63) is 17.0 Å². The molecule has 1 aromatic rings. The molecule has 0 aliphatic carbocycles. The second-order valence-corrected chi connectivity index (χ2v) is 5.88. The fourth-order valence-corrected chi connectivity index (χ4v) is 2.85. The van der Waals surface area contributed by atoms with E-state index in [0.29, 0.717) is 5.92 Å². The molecule has 0 aromatic carbocycles. The van der Waals surface area contributed by atoms with Crippen LogP contribution in [0.3, 0.4) is 0 Å². The quantitative estimate of drug-likeness (QED) is 0.857. The highest BCUT2D eigenvalue weighted by Crippen LogP contribution is 2.25. The maximum atomic E-state index is 12.4. The number of nitrogens with one attached hydrogen (secondary N) is 2. The number of aromatic nitrogens is 2. The minimum atomic E-state index is 0.0617. The van der Waals surface area contributed by atoms with Crippen molar-refractivity contribution in [3.63, 3.8) is 0 Å². The summed E-state index contributed by atoms with van der Waals surface area (Å²) in [5, 5.41) is 10.9. The normalized spacial score (nSPS) is 18.4. The fourth-order valence-electron chi connectivity index (χ4n) is 2.85. The summed E-state index contributed by atoms with van der Waals surface area (Å²) >= 11 is 0. The maximum Gasteiger partial charge on any atom is 0.223 e. The van der Waals surface area contributed by atoms with E-state index in [1.165, 1.54) is 5.56 Å². The maximum absolute atomic E-state index is 12.4. The monoisotopic (exact) mass is 278 g/mol. The van der Waals surface area contributed by atoms with Gasteiger partial charge < -0.3 is 10.6 Å². The van der Waals surface area contributed by atoms with Gasteiger partial charge in [0.15, 0.2) is 0 Å². The summed E-state index contributed by atoms with van der Waals surface area (Å²) in [4.78, 5) is 12.4. The molecule has 0 spiro atoms. The summed E-state index contributed by atoms with van der Waals surface area (Å²) in [6.45, 7) is 10.1. The Kier molecular flexibility index (Phi) is 4.48. The highest BCUT2D eigenvalue weighted by atomic mass is 16.1. The molecule has 1 saturated heterocycles. The fraction of sp³-hybridized carbons (Fsp3) is 0.733. The van der Waals surface area contributed by atoms with E-state index in [0.717, 1.165) is 30.9 Å². The lowest BCUT2D eigenvalue weighted by Gasteiger charge is -2.32. The van der Waals surface area contributed by atoms with Crippen molar-refractivity contribution >= 4 is 5.91 Å². The third-order valence-electron chi connectivity index (χ3n) is 4.57. The Labute approximate surface area is 121 Å². The smallest absolute Gasteiger partial charge is 0.223 e. The average Bonchev–Trinajstić information content (AvgIpc) is 2.58. The molecule has 1 aromatic heterocycles. The lowest BCUT2D eigenvalue weighted by Crippen LogP contribution is -2.50. The van der Waals surface area contributed by atoms with Gasteiger partial charge >= 0.3 is 0 Å². The lowest BCUT2D eigenvalue weighted by atomic mass is 9.88. The Morgan fingerprint density at radius 1 is 1.50 bits per heavy atom. The van der Waals surface area contributed by atoms with Crippen LogP contribution in [0.15, 0.2) is 0 Å². The second-order valence-electron chi connectivity index (χ2n) is 5.88. The van der Waals surface area contributed by atoms with E-state index in [9.17, 15) is 4.79 Å². The summed E-state index contributed by atoms with van der Waals surface area (Å²) in [6, 6.07) is 0.0617. The predicted octanol–water partition coefficient (Wildman–Crippen LogP) is 1.46. The molecule has 5 heteroatoms. The van der Waals surface area contributed by atoms with Crippen LogP contribution < -0.4 is 10.6 Å². The Hall–Kier alpha value is -1.36. The van der Waals surface area contributed by atoms with E-state index in [1.54, 1.807) is 0 Å². The summed E-state index contributed by atoms with van der Waals surface area (Å²) in [7, 11) is 1.95. The molecule has 1 aliphatic rings. The van der Waals surface area contributed by atoms with Crippen LogP contribution in [-0.2, 0) is 11.8 Å². The molecule has 2 rings (SSSR count). The van der Waals surface area contributed by atoms with Crippen LogP contribution >= 0.6 is 0 Å². The number of hydrogen-bond acceptors (Lipinski definition) is 3. The van der Waals surface area contributed by atoms with Gasteiger partial charge in [0.05, 0.1) is 11.7 Å². The van der Waals surface area contributed by atoms with Crippen LogP contribution in [0.4, 0.5) is 0 Å². The van der Waals surface area contributed by atoms with Gasteiger partial charge in [0.25, 0.3) is 0 Å². The van der Waals surface area contributed by atoms with E-state index >= 15 is 0 Å². The first-order chi connectivity index (χ1) is 9.45. The molecular weight excluding hydrogens is 252 g/mol. The zero-order chi connectivity index (χ0) is 14.9. The number of carbonyl (C=O) groups excluding carboxylic acids is 1. The zero-order valence-corrected chi connectivity index (χ0v) is 13.2. The molecule has 20 heavy (non-hydrogen) atoms. The number of amides is 1. The van der Waals surface area contributed by atoms with Gasteiger partial charge in [0.2, 0.25) is 5.91 Å². The Morgan fingerprint density at radius 2 is 2.15 bits per heavy atom. The molecule has 2 unspecified atom stereocenters. The van der Waals surface area contributed by atoms with Crippen LogP contribution in [0.2, 0.25) is 0 Å². The van der Waals surface area contributed by atoms with Gasteiger partial charge in [-0.3, -0.25) is 9.48 Å². The number of nitrogens with zero attached hydrogens (tertiary/aromatic N) is 2. The summed E-state index contributed by atoms with van der Waals surface area (Å²) in [5.41, 5.74) is 3.31. The van der Waals surface area contributed by atoms with Crippen molar-refractivity contribution in [2.45, 2.75) is 40.2 Å². The third kappa shape index (κ3) is 2.73. The van der Waals surface area contributed by atoms with Crippen LogP contribution in [0, 0.1) is 25.7 Å². The number of rotatable bonds is 5. The molecule has 1 fully saturated rings. The Bertz CT molecular complexity index is 490. The van der Waals surface area contributed by atoms with Gasteiger partial charge in [-0.2, -0.15) is 5.10 Å². The molecule has 1 amide bonds. The molecule has 5 nitrogen and oxygen atoms in total. The first-order valence-electron chi connectivity index (χ1n) is 7.46. The van der Waals surface area contributed by atoms with Crippen molar-refractivity contribution in [3.8, 4) is 0 Å². The van der Waals surface area contributed by atoms with Crippen LogP contribution in [0.25, 0.3) is 0 Å². The molecule has 0 bridgehead atoms. The standard InChI is InChI=1S/C15H26N4O/c1-6-13(14-10(3)18-19(5)11(14)4)17-15(20)9(2)12-7-16-8-12/h9,12-13,16H,6-8H2,1-5H3,(H,17,20). The van der Waals surface area contributed by atoms with Gasteiger partial charge in [0.1, 0.15) is 0 Å². The molecule has 2 atom stereocenters. The van der Waals surface area contributed by atoms with E-state index in [1.807, 2.05) is 25.6 Å². The van der Waals surface area contributed by atoms with Gasteiger partial charge in [-0.05, 0) is 39.3 Å². The molecule has 2 N–H and O–H groups in total. The molecule has 112 valence electrons. The largest absolute Gasteiger partial charge is 0.349 e. The third-order valence-corrected chi connectivity index (χ3v) is 4.57. The van der Waals surface area contributed by atoms with Gasteiger partial charge in [-0.15, -0.1) is 0 Å². The van der Waals surface area contributed by atoms with Crippen LogP contribution in [-0.4, -0.2) is 28.8 Å². The van der Waals surface area contributed by atoms with E-state index < -0.39 is 0 Å². The van der Waals surface area contributed by atoms with E-state index in [-0.39, 0.29) is 17.9 Å². The highest BCUT2D eigenvalue weighted by Gasteiger charge is 2.30. The topological polar surface area (TPSA) is 59.0 Å². The number of hydrogen-bond donors (Lipinski definition) is 2. The van der Waals surface area contributed by atoms with Gasteiger partial charge in [-0.25, -0.2) is 0 Å². The summed E-state index contributed by atoms with van der Waals surface area (Å²) < 4.78 is 1.89. The Balaban J connectivity index is 2.10. The molecule has 0 radical (unpaired) electrons.